The number of H-pyrrole nitrogens is 1. The van der Waals surface area contributed by atoms with Gasteiger partial charge in [0.05, 0.1) is 5.52 Å². The maximum Gasteiger partial charge on any atom is 0.139 e. The molecule has 0 aliphatic heterocycles. The molecule has 4 heteroatoms. The van der Waals surface area contributed by atoms with Crippen LogP contribution in [0.2, 0.25) is 0 Å². The van der Waals surface area contributed by atoms with Crippen LogP contribution in [-0.2, 0) is 0 Å². The summed E-state index contributed by atoms with van der Waals surface area (Å²) in [6.45, 7) is 0. The molecule has 0 aliphatic carbocycles. The van der Waals surface area contributed by atoms with Gasteiger partial charge in [-0.2, -0.15) is 0 Å². The molecule has 0 amide bonds. The van der Waals surface area contributed by atoms with Crippen molar-refractivity contribution in [1.29, 1.82) is 0 Å². The van der Waals surface area contributed by atoms with Crippen LogP contribution in [0.15, 0.2) is 42.5 Å². The lowest BCUT2D eigenvalue weighted by atomic mass is 10.1. The first-order valence-corrected chi connectivity index (χ1v) is 5.48. The topological polar surface area (TPSA) is 76.5 Å². The average molecular weight is 241 g/mol. The van der Waals surface area contributed by atoms with Gasteiger partial charge < -0.3 is 20.3 Å². The Morgan fingerprint density at radius 3 is 2.11 bits per heavy atom. The Bertz CT molecular complexity index is 675. The number of phenolic OH excluding ortho intramolecular Hbond substituents is 3. The van der Waals surface area contributed by atoms with Gasteiger partial charge in [-0.25, -0.2) is 0 Å². The van der Waals surface area contributed by atoms with Crippen LogP contribution in [0.5, 0.6) is 17.2 Å². The van der Waals surface area contributed by atoms with E-state index in [0.717, 1.165) is 11.3 Å². The molecule has 0 saturated heterocycles. The van der Waals surface area contributed by atoms with Crippen LogP contribution in [-0.4, -0.2) is 20.3 Å². The zero-order valence-electron chi connectivity index (χ0n) is 9.38. The summed E-state index contributed by atoms with van der Waals surface area (Å²) < 4.78 is 0. The van der Waals surface area contributed by atoms with Gasteiger partial charge in [-0.1, -0.05) is 0 Å². The van der Waals surface area contributed by atoms with E-state index in [0.29, 0.717) is 10.9 Å². The summed E-state index contributed by atoms with van der Waals surface area (Å²) in [5.41, 5.74) is 2.13. The molecule has 0 atom stereocenters. The summed E-state index contributed by atoms with van der Waals surface area (Å²) in [4.78, 5) is 3.05. The fourth-order valence-electron chi connectivity index (χ4n) is 1.99. The Labute approximate surface area is 103 Å². The SMILES string of the molecule is Oc1ccc(-c2cc3c(O)ccc(O)c3[nH]2)cc1. The molecule has 0 radical (unpaired) electrons. The van der Waals surface area contributed by atoms with Crippen molar-refractivity contribution in [3.8, 4) is 28.5 Å². The summed E-state index contributed by atoms with van der Waals surface area (Å²) in [6, 6.07) is 11.3. The highest BCUT2D eigenvalue weighted by atomic mass is 16.3. The molecule has 0 unspecified atom stereocenters. The van der Waals surface area contributed by atoms with E-state index in [9.17, 15) is 15.3 Å². The third-order valence-corrected chi connectivity index (χ3v) is 2.93. The number of aromatic amines is 1. The summed E-state index contributed by atoms with van der Waals surface area (Å²) in [6.07, 6.45) is 0. The summed E-state index contributed by atoms with van der Waals surface area (Å²) in [5.74, 6) is 0.400. The van der Waals surface area contributed by atoms with Gasteiger partial charge in [-0.15, -0.1) is 0 Å². The number of rotatable bonds is 1. The van der Waals surface area contributed by atoms with Crippen molar-refractivity contribution in [3.63, 3.8) is 0 Å². The Hall–Kier alpha value is -2.62. The van der Waals surface area contributed by atoms with Crippen LogP contribution in [0.25, 0.3) is 22.2 Å². The second-order valence-corrected chi connectivity index (χ2v) is 4.12. The number of hydrogen-bond acceptors (Lipinski definition) is 3. The minimum Gasteiger partial charge on any atom is -0.508 e. The molecule has 3 rings (SSSR count). The molecule has 3 aromatic rings. The van der Waals surface area contributed by atoms with Crippen molar-refractivity contribution in [3.05, 3.63) is 42.5 Å². The van der Waals surface area contributed by atoms with E-state index in [4.69, 9.17) is 0 Å². The normalized spacial score (nSPS) is 10.9. The molecule has 1 aromatic heterocycles. The van der Waals surface area contributed by atoms with Crippen LogP contribution >= 0.6 is 0 Å². The zero-order chi connectivity index (χ0) is 12.7. The second kappa shape index (κ2) is 3.70. The predicted molar refractivity (Wildman–Crippen MR) is 68.7 cm³/mol. The predicted octanol–water partition coefficient (Wildman–Crippen LogP) is 2.95. The number of phenols is 3. The first-order valence-electron chi connectivity index (χ1n) is 5.48. The maximum absolute atomic E-state index is 9.73. The molecular weight excluding hydrogens is 230 g/mol. The highest BCUT2D eigenvalue weighted by Gasteiger charge is 2.10. The Morgan fingerprint density at radius 2 is 1.44 bits per heavy atom. The van der Waals surface area contributed by atoms with Gasteiger partial charge in [0.25, 0.3) is 0 Å². The molecule has 4 nitrogen and oxygen atoms in total. The summed E-state index contributed by atoms with van der Waals surface area (Å²) in [7, 11) is 0. The highest BCUT2D eigenvalue weighted by molar-refractivity contribution is 5.94. The van der Waals surface area contributed by atoms with Gasteiger partial charge >= 0.3 is 0 Å². The molecule has 90 valence electrons. The zero-order valence-corrected chi connectivity index (χ0v) is 9.38. The monoisotopic (exact) mass is 241 g/mol. The lowest BCUT2D eigenvalue weighted by Crippen LogP contribution is -1.76. The van der Waals surface area contributed by atoms with Crippen LogP contribution in [0, 0.1) is 0 Å². The van der Waals surface area contributed by atoms with Gasteiger partial charge in [-0.05, 0) is 48.0 Å². The van der Waals surface area contributed by atoms with Crippen LogP contribution in [0.3, 0.4) is 0 Å². The minimum atomic E-state index is 0.0906. The molecule has 0 fully saturated rings. The second-order valence-electron chi connectivity index (χ2n) is 4.12. The van der Waals surface area contributed by atoms with Crippen molar-refractivity contribution in [2.24, 2.45) is 0 Å². The van der Waals surface area contributed by atoms with E-state index in [2.05, 4.69) is 4.98 Å². The number of benzene rings is 2. The molecule has 0 spiro atoms. The molecule has 0 saturated carbocycles. The van der Waals surface area contributed by atoms with E-state index in [-0.39, 0.29) is 17.2 Å². The van der Waals surface area contributed by atoms with E-state index >= 15 is 0 Å². The van der Waals surface area contributed by atoms with Gasteiger partial charge in [0.15, 0.2) is 0 Å². The van der Waals surface area contributed by atoms with E-state index in [1.807, 2.05) is 0 Å². The summed E-state index contributed by atoms with van der Waals surface area (Å²) in [5, 5.41) is 29.3. The standard InChI is InChI=1S/C14H11NO3/c16-9-3-1-8(2-4-9)11-7-10-12(17)5-6-13(18)14(10)15-11/h1-7,15-18H. The molecule has 1 heterocycles. The largest absolute Gasteiger partial charge is 0.508 e. The van der Waals surface area contributed by atoms with Crippen molar-refractivity contribution in [2.45, 2.75) is 0 Å². The number of aromatic nitrogens is 1. The maximum atomic E-state index is 9.73. The van der Waals surface area contributed by atoms with Crippen molar-refractivity contribution in [2.75, 3.05) is 0 Å². The molecular formula is C14H11NO3. The smallest absolute Gasteiger partial charge is 0.139 e. The van der Waals surface area contributed by atoms with Crippen LogP contribution in [0.1, 0.15) is 0 Å². The highest BCUT2D eigenvalue weighted by Crippen LogP contribution is 2.35. The van der Waals surface area contributed by atoms with Crippen molar-refractivity contribution < 1.29 is 15.3 Å². The molecule has 0 aliphatic rings. The van der Waals surface area contributed by atoms with Crippen LogP contribution < -0.4 is 0 Å². The van der Waals surface area contributed by atoms with Gasteiger partial charge in [0.1, 0.15) is 17.2 Å². The van der Waals surface area contributed by atoms with Gasteiger partial charge in [0, 0.05) is 11.1 Å². The number of fused-ring (bicyclic) bond motifs is 1. The minimum absolute atomic E-state index is 0.0906. The number of aromatic hydroxyl groups is 3. The van der Waals surface area contributed by atoms with Gasteiger partial charge in [-0.3, -0.25) is 0 Å². The van der Waals surface area contributed by atoms with Crippen molar-refractivity contribution in [1.82, 2.24) is 4.98 Å². The first kappa shape index (κ1) is 10.5. The molecule has 0 bridgehead atoms. The fourth-order valence-corrected chi connectivity index (χ4v) is 1.99. The quantitative estimate of drug-likeness (QED) is 0.495. The van der Waals surface area contributed by atoms with Crippen molar-refractivity contribution >= 4 is 10.9 Å². The fraction of sp³-hybridized carbons (Fsp3) is 0. The lowest BCUT2D eigenvalue weighted by Gasteiger charge is -1.97. The Balaban J connectivity index is 2.22. The summed E-state index contributed by atoms with van der Waals surface area (Å²) >= 11 is 0. The number of hydrogen-bond donors (Lipinski definition) is 4. The van der Waals surface area contributed by atoms with Gasteiger partial charge in [0.2, 0.25) is 0 Å². The number of nitrogens with one attached hydrogen (secondary N) is 1. The van der Waals surface area contributed by atoms with E-state index in [1.165, 1.54) is 12.1 Å². The first-order chi connectivity index (χ1) is 8.65. The molecule has 18 heavy (non-hydrogen) atoms. The Morgan fingerprint density at radius 1 is 0.778 bits per heavy atom. The third-order valence-electron chi connectivity index (χ3n) is 2.93. The lowest BCUT2D eigenvalue weighted by molar-refractivity contribution is 0.469. The van der Waals surface area contributed by atoms with Crippen LogP contribution in [0.4, 0.5) is 0 Å². The van der Waals surface area contributed by atoms with E-state index in [1.54, 1.807) is 30.3 Å². The van der Waals surface area contributed by atoms with E-state index < -0.39 is 0 Å². The molecule has 4 N–H and O–H groups in total. The Kier molecular flexibility index (Phi) is 2.16. The average Bonchev–Trinajstić information content (AvgIpc) is 2.81. The third kappa shape index (κ3) is 1.55. The molecule has 2 aromatic carbocycles.